The van der Waals surface area contributed by atoms with Gasteiger partial charge in [0.1, 0.15) is 11.6 Å². The van der Waals surface area contributed by atoms with Gasteiger partial charge in [0, 0.05) is 34.5 Å². The fourth-order valence-electron chi connectivity index (χ4n) is 2.26. The van der Waals surface area contributed by atoms with E-state index in [2.05, 4.69) is 48.3 Å². The number of hydrogen-bond donors (Lipinski definition) is 2. The Morgan fingerprint density at radius 3 is 2.62 bits per heavy atom. The molecule has 0 unspecified atom stereocenters. The summed E-state index contributed by atoms with van der Waals surface area (Å²) in [6.07, 6.45) is 2.43. The molecule has 3 rings (SSSR count). The van der Waals surface area contributed by atoms with Gasteiger partial charge in [-0.25, -0.2) is 9.97 Å². The first-order chi connectivity index (χ1) is 11.6. The molecule has 0 spiro atoms. The van der Waals surface area contributed by atoms with Gasteiger partial charge in [-0.15, -0.1) is 0 Å². The first-order valence-electron chi connectivity index (χ1n) is 7.69. The third-order valence-corrected chi connectivity index (χ3v) is 4.11. The number of benzene rings is 1. The van der Waals surface area contributed by atoms with Gasteiger partial charge in [-0.3, -0.25) is 4.79 Å². The maximum absolute atomic E-state index is 11.7. The average molecular weight is 385 g/mol. The van der Waals surface area contributed by atoms with Crippen LogP contribution in [0.1, 0.15) is 18.2 Å². The summed E-state index contributed by atoms with van der Waals surface area (Å²) in [6, 6.07) is 13.4. The van der Waals surface area contributed by atoms with Crippen LogP contribution in [0, 0.1) is 0 Å². The van der Waals surface area contributed by atoms with Crippen molar-refractivity contribution in [3.8, 4) is 11.4 Å². The Morgan fingerprint density at radius 1 is 1.17 bits per heavy atom. The number of anilines is 1. The fraction of sp³-hybridized carbons (Fsp3) is 0.167. The number of aromatic nitrogens is 3. The van der Waals surface area contributed by atoms with Crippen LogP contribution in [0.2, 0.25) is 0 Å². The predicted octanol–water partition coefficient (Wildman–Crippen LogP) is 3.77. The van der Waals surface area contributed by atoms with E-state index in [1.165, 1.54) is 11.6 Å². The Hall–Kier alpha value is -2.47. The van der Waals surface area contributed by atoms with Gasteiger partial charge in [0.05, 0.1) is 0 Å². The van der Waals surface area contributed by atoms with Gasteiger partial charge in [-0.2, -0.15) is 0 Å². The van der Waals surface area contributed by atoms with Crippen molar-refractivity contribution in [1.82, 2.24) is 15.0 Å². The maximum atomic E-state index is 11.7. The van der Waals surface area contributed by atoms with Crippen LogP contribution in [-0.4, -0.2) is 15.0 Å². The molecule has 5 nitrogen and oxygen atoms in total. The predicted molar refractivity (Wildman–Crippen MR) is 98.9 cm³/mol. The topological polar surface area (TPSA) is 70.7 Å². The molecule has 1 aromatic carbocycles. The molecule has 0 bridgehead atoms. The average Bonchev–Trinajstić information content (AvgIpc) is 2.61. The normalized spacial score (nSPS) is 10.6. The van der Waals surface area contributed by atoms with Crippen molar-refractivity contribution in [2.75, 3.05) is 5.32 Å². The van der Waals surface area contributed by atoms with Gasteiger partial charge in [0.2, 0.25) is 0 Å². The lowest BCUT2D eigenvalue weighted by Gasteiger charge is -2.07. The van der Waals surface area contributed by atoms with Crippen molar-refractivity contribution >= 4 is 21.7 Å². The molecule has 0 fully saturated rings. The van der Waals surface area contributed by atoms with E-state index in [-0.39, 0.29) is 5.56 Å². The van der Waals surface area contributed by atoms with Crippen LogP contribution in [0.4, 0.5) is 5.82 Å². The molecule has 2 aromatic heterocycles. The third kappa shape index (κ3) is 4.08. The number of halogens is 1. The number of pyridine rings is 1. The van der Waals surface area contributed by atoms with Crippen LogP contribution in [0.5, 0.6) is 0 Å². The minimum atomic E-state index is -0.144. The zero-order valence-electron chi connectivity index (χ0n) is 13.2. The first-order valence-corrected chi connectivity index (χ1v) is 8.48. The molecule has 6 heteroatoms. The molecule has 24 heavy (non-hydrogen) atoms. The van der Waals surface area contributed by atoms with E-state index >= 15 is 0 Å². The Balaban J connectivity index is 1.72. The van der Waals surface area contributed by atoms with E-state index in [0.717, 1.165) is 28.0 Å². The summed E-state index contributed by atoms with van der Waals surface area (Å²) in [6.45, 7) is 2.67. The van der Waals surface area contributed by atoms with Crippen LogP contribution < -0.4 is 10.9 Å². The third-order valence-electron chi connectivity index (χ3n) is 3.58. The number of rotatable bonds is 5. The fourth-order valence-corrected chi connectivity index (χ4v) is 2.52. The van der Waals surface area contributed by atoms with Crippen LogP contribution in [0.3, 0.4) is 0 Å². The molecule has 0 atom stereocenters. The first kappa shape index (κ1) is 16.4. The maximum Gasteiger partial charge on any atom is 0.251 e. The molecule has 2 heterocycles. The minimum absolute atomic E-state index is 0.144. The zero-order valence-corrected chi connectivity index (χ0v) is 14.8. The van der Waals surface area contributed by atoms with Gasteiger partial charge in [-0.05, 0) is 36.2 Å². The summed E-state index contributed by atoms with van der Waals surface area (Å²) in [5, 5.41) is 3.27. The van der Waals surface area contributed by atoms with Gasteiger partial charge in [0.15, 0.2) is 0 Å². The second-order valence-corrected chi connectivity index (χ2v) is 6.27. The van der Waals surface area contributed by atoms with Crippen LogP contribution in [0.15, 0.2) is 57.9 Å². The lowest BCUT2D eigenvalue weighted by Crippen LogP contribution is -2.10. The number of aromatic amines is 1. The van der Waals surface area contributed by atoms with Crippen LogP contribution >= 0.6 is 15.9 Å². The molecule has 0 aliphatic carbocycles. The number of H-pyrrole nitrogens is 1. The van der Waals surface area contributed by atoms with Crippen molar-refractivity contribution in [1.29, 1.82) is 0 Å². The standard InChI is InChI=1S/C18H17BrN4O/c1-2-15-9-17(24)23-18(22-15)13-5-8-16(21-11-13)20-10-12-3-6-14(19)7-4-12/h3-9,11H,2,10H2,1H3,(H,20,21)(H,22,23,24). The number of aryl methyl sites for hydroxylation is 1. The molecule has 0 amide bonds. The Morgan fingerprint density at radius 2 is 1.96 bits per heavy atom. The van der Waals surface area contributed by atoms with Gasteiger partial charge in [-0.1, -0.05) is 35.0 Å². The Kier molecular flexibility index (Phi) is 5.05. The summed E-state index contributed by atoms with van der Waals surface area (Å²) in [5.41, 5.74) is 2.59. The molecule has 0 aliphatic heterocycles. The van der Waals surface area contributed by atoms with Crippen molar-refractivity contribution in [3.63, 3.8) is 0 Å². The molecule has 2 N–H and O–H groups in total. The number of nitrogens with zero attached hydrogens (tertiary/aromatic N) is 2. The van der Waals surface area contributed by atoms with E-state index in [1.807, 2.05) is 31.2 Å². The van der Waals surface area contributed by atoms with E-state index in [1.54, 1.807) is 6.20 Å². The van der Waals surface area contributed by atoms with E-state index in [9.17, 15) is 4.79 Å². The highest BCUT2D eigenvalue weighted by molar-refractivity contribution is 9.10. The summed E-state index contributed by atoms with van der Waals surface area (Å²) in [7, 11) is 0. The van der Waals surface area contributed by atoms with Crippen molar-refractivity contribution in [2.45, 2.75) is 19.9 Å². The monoisotopic (exact) mass is 384 g/mol. The largest absolute Gasteiger partial charge is 0.366 e. The molecule has 0 saturated heterocycles. The minimum Gasteiger partial charge on any atom is -0.366 e. The lowest BCUT2D eigenvalue weighted by atomic mass is 10.2. The zero-order chi connectivity index (χ0) is 16.9. The highest BCUT2D eigenvalue weighted by Gasteiger charge is 2.04. The molecular formula is C18H17BrN4O. The molecular weight excluding hydrogens is 368 g/mol. The molecule has 3 aromatic rings. The SMILES string of the molecule is CCc1cc(=O)[nH]c(-c2ccc(NCc3ccc(Br)cc3)nc2)n1. The van der Waals surface area contributed by atoms with Crippen LogP contribution in [0.25, 0.3) is 11.4 Å². The Labute approximate surface area is 148 Å². The van der Waals surface area contributed by atoms with Gasteiger partial charge in [0.25, 0.3) is 5.56 Å². The van der Waals surface area contributed by atoms with Gasteiger partial charge < -0.3 is 10.3 Å². The van der Waals surface area contributed by atoms with E-state index < -0.39 is 0 Å². The van der Waals surface area contributed by atoms with Crippen LogP contribution in [-0.2, 0) is 13.0 Å². The summed E-state index contributed by atoms with van der Waals surface area (Å²) >= 11 is 3.42. The highest BCUT2D eigenvalue weighted by atomic mass is 79.9. The second-order valence-electron chi connectivity index (χ2n) is 5.35. The number of hydrogen-bond acceptors (Lipinski definition) is 4. The van der Waals surface area contributed by atoms with E-state index in [0.29, 0.717) is 12.4 Å². The number of nitrogens with one attached hydrogen (secondary N) is 2. The van der Waals surface area contributed by atoms with Crippen molar-refractivity contribution in [2.24, 2.45) is 0 Å². The van der Waals surface area contributed by atoms with Crippen molar-refractivity contribution in [3.05, 3.63) is 74.7 Å². The lowest BCUT2D eigenvalue weighted by molar-refractivity contribution is 0.985. The second kappa shape index (κ2) is 7.40. The quantitative estimate of drug-likeness (QED) is 0.702. The molecule has 0 radical (unpaired) electrons. The van der Waals surface area contributed by atoms with E-state index in [4.69, 9.17) is 0 Å². The van der Waals surface area contributed by atoms with Gasteiger partial charge >= 0.3 is 0 Å². The summed E-state index contributed by atoms with van der Waals surface area (Å²) < 4.78 is 1.06. The van der Waals surface area contributed by atoms with Crippen molar-refractivity contribution < 1.29 is 0 Å². The smallest absolute Gasteiger partial charge is 0.251 e. The highest BCUT2D eigenvalue weighted by Crippen LogP contribution is 2.16. The summed E-state index contributed by atoms with van der Waals surface area (Å²) in [4.78, 5) is 23.2. The molecule has 0 aliphatic rings. The molecule has 0 saturated carbocycles. The summed E-state index contributed by atoms with van der Waals surface area (Å²) in [5.74, 6) is 1.32. The Bertz CT molecular complexity index is 873. The molecule has 122 valence electrons.